The normalized spacial score (nSPS) is 22.4. The fraction of sp³-hybridized carbons (Fsp3) is 0.480. The molecule has 0 saturated carbocycles. The number of rotatable bonds is 6. The fourth-order valence-electron chi connectivity index (χ4n) is 5.37. The minimum atomic E-state index is -3.90. The second kappa shape index (κ2) is 10.1. The topological polar surface area (TPSA) is 141 Å². The molecule has 39 heavy (non-hydrogen) atoms. The maximum Gasteiger partial charge on any atom is 0.409 e. The molecule has 2 N–H and O–H groups in total. The van der Waals surface area contributed by atoms with Crippen LogP contribution >= 0.6 is 11.6 Å². The van der Waals surface area contributed by atoms with Gasteiger partial charge in [0.2, 0.25) is 0 Å². The highest BCUT2D eigenvalue weighted by Gasteiger charge is 2.39. The molecule has 0 aliphatic carbocycles. The molecule has 2 amide bonds. The summed E-state index contributed by atoms with van der Waals surface area (Å²) in [4.78, 5) is 36.3. The number of cyclic esters (lactones) is 1. The van der Waals surface area contributed by atoms with Crippen LogP contribution in [0.4, 0.5) is 4.79 Å². The first-order chi connectivity index (χ1) is 18.7. The number of hydrogen-bond donors (Lipinski definition) is 2. The quantitative estimate of drug-likeness (QED) is 0.455. The van der Waals surface area contributed by atoms with E-state index in [0.29, 0.717) is 60.8 Å². The lowest BCUT2D eigenvalue weighted by Gasteiger charge is -2.40. The van der Waals surface area contributed by atoms with Gasteiger partial charge in [-0.15, -0.1) is 0 Å². The fourth-order valence-corrected chi connectivity index (χ4v) is 7.04. The molecule has 2 atom stereocenters. The first kappa shape index (κ1) is 26.1. The van der Waals surface area contributed by atoms with Crippen molar-refractivity contribution in [2.45, 2.75) is 43.4 Å². The molecule has 208 valence electrons. The zero-order valence-electron chi connectivity index (χ0n) is 21.4. The second-order valence-corrected chi connectivity index (χ2v) is 12.5. The maximum absolute atomic E-state index is 13.6. The minimum Gasteiger partial charge on any atom is -0.448 e. The number of H-pyrrole nitrogens is 1. The van der Waals surface area contributed by atoms with Crippen LogP contribution in [0.2, 0.25) is 5.02 Å². The van der Waals surface area contributed by atoms with E-state index in [0.717, 1.165) is 5.69 Å². The third-order valence-electron chi connectivity index (χ3n) is 7.53. The molecule has 3 aliphatic heterocycles. The number of oxazole rings is 1. The summed E-state index contributed by atoms with van der Waals surface area (Å²) >= 11 is 6.08. The zero-order chi connectivity index (χ0) is 27.3. The lowest BCUT2D eigenvalue weighted by atomic mass is 10.1. The summed E-state index contributed by atoms with van der Waals surface area (Å²) in [6.07, 6.45) is 0.620. The number of carbonyl (C=O) groups is 2. The average Bonchev–Trinajstić information content (AvgIpc) is 3.64. The van der Waals surface area contributed by atoms with Crippen molar-refractivity contribution in [2.75, 3.05) is 39.3 Å². The van der Waals surface area contributed by atoms with Gasteiger partial charge in [-0.3, -0.25) is 4.79 Å². The van der Waals surface area contributed by atoms with E-state index in [1.54, 1.807) is 34.1 Å². The molecule has 2 fully saturated rings. The van der Waals surface area contributed by atoms with E-state index in [9.17, 15) is 18.0 Å². The van der Waals surface area contributed by atoms with Gasteiger partial charge in [-0.2, -0.15) is 4.31 Å². The number of benzene rings is 1. The number of carbonyl (C=O) groups excluding carboxylic acids is 2. The first-order valence-corrected chi connectivity index (χ1v) is 14.7. The third-order valence-corrected chi connectivity index (χ3v) is 9.55. The van der Waals surface area contributed by atoms with Crippen molar-refractivity contribution in [3.8, 4) is 0 Å². The largest absolute Gasteiger partial charge is 0.448 e. The van der Waals surface area contributed by atoms with Crippen LogP contribution in [0.3, 0.4) is 0 Å². The summed E-state index contributed by atoms with van der Waals surface area (Å²) in [5.41, 5.74) is 1.42. The molecule has 3 aliphatic rings. The Labute approximate surface area is 230 Å². The van der Waals surface area contributed by atoms with Gasteiger partial charge in [0.25, 0.3) is 15.9 Å². The van der Waals surface area contributed by atoms with Gasteiger partial charge in [-0.25, -0.2) is 18.2 Å². The van der Waals surface area contributed by atoms with Crippen LogP contribution in [0.15, 0.2) is 33.7 Å². The van der Waals surface area contributed by atoms with Crippen molar-refractivity contribution < 1.29 is 27.2 Å². The smallest absolute Gasteiger partial charge is 0.409 e. The Hall–Kier alpha value is -3.13. The van der Waals surface area contributed by atoms with Crippen molar-refractivity contribution in [2.24, 2.45) is 0 Å². The molecule has 2 unspecified atom stereocenters. The van der Waals surface area contributed by atoms with Crippen LogP contribution in [0.25, 0.3) is 10.9 Å². The number of amides is 2. The molecule has 2 aromatic heterocycles. The molecule has 0 radical (unpaired) electrons. The van der Waals surface area contributed by atoms with E-state index < -0.39 is 22.2 Å². The summed E-state index contributed by atoms with van der Waals surface area (Å²) < 4.78 is 39.5. The number of fused-ring (bicyclic) bond motifs is 2. The highest BCUT2D eigenvalue weighted by Crippen LogP contribution is 2.28. The number of hydrogen-bond acceptors (Lipinski definition) is 8. The third kappa shape index (κ3) is 4.99. The number of piperazine rings is 1. The predicted octanol–water partition coefficient (Wildman–Crippen LogP) is 2.20. The monoisotopic (exact) mass is 576 g/mol. The van der Waals surface area contributed by atoms with Crippen molar-refractivity contribution in [3.05, 3.63) is 46.6 Å². The summed E-state index contributed by atoms with van der Waals surface area (Å²) in [6.45, 7) is 3.95. The highest BCUT2D eigenvalue weighted by molar-refractivity contribution is 7.89. The number of aromatic nitrogens is 2. The Balaban J connectivity index is 1.25. The Morgan fingerprint density at radius 3 is 2.87 bits per heavy atom. The minimum absolute atomic E-state index is 0.00489. The Morgan fingerprint density at radius 2 is 2.08 bits per heavy atom. The van der Waals surface area contributed by atoms with Gasteiger partial charge in [0.1, 0.15) is 17.4 Å². The molecule has 0 bridgehead atoms. The number of nitrogens with one attached hydrogen (secondary N) is 2. The van der Waals surface area contributed by atoms with Crippen LogP contribution < -0.4 is 5.32 Å². The van der Waals surface area contributed by atoms with Crippen LogP contribution in [-0.4, -0.2) is 95.9 Å². The van der Waals surface area contributed by atoms with Crippen LogP contribution in [0.1, 0.15) is 35.5 Å². The van der Waals surface area contributed by atoms with Gasteiger partial charge in [0.15, 0.2) is 0 Å². The molecule has 12 nitrogen and oxygen atoms in total. The van der Waals surface area contributed by atoms with E-state index in [1.807, 2.05) is 6.92 Å². The van der Waals surface area contributed by atoms with Gasteiger partial charge >= 0.3 is 12.0 Å². The van der Waals surface area contributed by atoms with Gasteiger partial charge < -0.3 is 29.3 Å². The van der Waals surface area contributed by atoms with Crippen LogP contribution in [-0.2, 0) is 27.7 Å². The summed E-state index contributed by atoms with van der Waals surface area (Å²) in [7, 11) is -3.90. The standard InChI is InChI=1S/C25H29ClN6O6S/c1-15-10-20-21(13-27-15)38-23(29-20)24(33)32-7-6-31(14-18(32)4-5-30-8-9-37-25(30)34)39(35,36)22-12-16-11-17(26)2-3-19(16)28-22/h2-3,11-12,15,18,27-28H,4-10,13-14H2,1H3. The Kier molecular flexibility index (Phi) is 6.78. The summed E-state index contributed by atoms with van der Waals surface area (Å²) in [5.74, 6) is 0.265. The van der Waals surface area contributed by atoms with Gasteiger partial charge in [-0.1, -0.05) is 11.6 Å². The Bertz CT molecular complexity index is 1540. The van der Waals surface area contributed by atoms with Crippen molar-refractivity contribution in [1.82, 2.24) is 29.4 Å². The lowest BCUT2D eigenvalue weighted by Crippen LogP contribution is -2.57. The molecular formula is C25H29ClN6O6S. The first-order valence-electron chi connectivity index (χ1n) is 12.9. The lowest BCUT2D eigenvalue weighted by molar-refractivity contribution is 0.0498. The summed E-state index contributed by atoms with van der Waals surface area (Å²) in [6, 6.07) is 6.42. The molecular weight excluding hydrogens is 548 g/mol. The van der Waals surface area contributed by atoms with Crippen molar-refractivity contribution in [3.63, 3.8) is 0 Å². The molecule has 14 heteroatoms. The van der Waals surface area contributed by atoms with Gasteiger partial charge in [-0.05, 0) is 37.6 Å². The SMILES string of the molecule is CC1Cc2nc(C(=O)N3CCN(S(=O)(=O)c4cc5cc(Cl)ccc5[nH]4)CC3CCN3CCOC3=O)oc2CN1. The molecule has 5 heterocycles. The number of nitrogens with zero attached hydrogens (tertiary/aromatic N) is 4. The van der Waals surface area contributed by atoms with E-state index >= 15 is 0 Å². The molecule has 6 rings (SSSR count). The molecule has 2 saturated heterocycles. The van der Waals surface area contributed by atoms with E-state index in [2.05, 4.69) is 15.3 Å². The zero-order valence-corrected chi connectivity index (χ0v) is 22.9. The van der Waals surface area contributed by atoms with Crippen LogP contribution in [0, 0.1) is 0 Å². The number of aromatic amines is 1. The van der Waals surface area contributed by atoms with Gasteiger partial charge in [0, 0.05) is 60.6 Å². The van der Waals surface area contributed by atoms with Crippen molar-refractivity contribution in [1.29, 1.82) is 0 Å². The van der Waals surface area contributed by atoms with E-state index in [4.69, 9.17) is 20.8 Å². The number of ether oxygens (including phenoxy) is 1. The second-order valence-electron chi connectivity index (χ2n) is 10.1. The highest BCUT2D eigenvalue weighted by atomic mass is 35.5. The Morgan fingerprint density at radius 1 is 1.23 bits per heavy atom. The molecule has 3 aromatic rings. The van der Waals surface area contributed by atoms with E-state index in [-0.39, 0.29) is 42.5 Å². The molecule has 1 aromatic carbocycles. The number of halogens is 1. The molecule has 0 spiro atoms. The van der Waals surface area contributed by atoms with Gasteiger partial charge in [0.05, 0.1) is 18.8 Å². The summed E-state index contributed by atoms with van der Waals surface area (Å²) in [5, 5.41) is 4.55. The average molecular weight is 577 g/mol. The van der Waals surface area contributed by atoms with Crippen molar-refractivity contribution >= 4 is 44.5 Å². The number of sulfonamides is 1. The predicted molar refractivity (Wildman–Crippen MR) is 141 cm³/mol. The maximum atomic E-state index is 13.6. The van der Waals surface area contributed by atoms with Crippen LogP contribution in [0.5, 0.6) is 0 Å². The van der Waals surface area contributed by atoms with E-state index in [1.165, 1.54) is 4.31 Å².